The number of hydrogen-bond acceptors (Lipinski definition) is 4. The molecule has 0 aromatic carbocycles. The highest BCUT2D eigenvalue weighted by Gasteiger charge is 2.39. The molecule has 6 nitrogen and oxygen atoms in total. The monoisotopic (exact) mass is 335 g/mol. The molecule has 0 spiro atoms. The van der Waals surface area contributed by atoms with Crippen LogP contribution in [0.25, 0.3) is 0 Å². The molecule has 0 heterocycles. The minimum atomic E-state index is -1.25. The molecule has 0 aromatic heterocycles. The van der Waals surface area contributed by atoms with Crippen molar-refractivity contribution in [3.05, 3.63) is 10.9 Å². The van der Waals surface area contributed by atoms with Gasteiger partial charge in [-0.15, -0.1) is 10.9 Å². The van der Waals surface area contributed by atoms with Crippen LogP contribution in [0.15, 0.2) is 10.9 Å². The van der Waals surface area contributed by atoms with Crippen LogP contribution >= 0.6 is 0 Å². The predicted octanol–water partition coefficient (Wildman–Crippen LogP) is 0.685. The van der Waals surface area contributed by atoms with Gasteiger partial charge in [0.15, 0.2) is 0 Å². The highest BCUT2D eigenvalue weighted by molar-refractivity contribution is 6.32. The van der Waals surface area contributed by atoms with Crippen molar-refractivity contribution in [2.75, 3.05) is 20.6 Å². The van der Waals surface area contributed by atoms with Crippen LogP contribution in [0.5, 0.6) is 0 Å². The summed E-state index contributed by atoms with van der Waals surface area (Å²) in [4.78, 5) is 24.4. The zero-order chi connectivity index (χ0) is 19.5. The van der Waals surface area contributed by atoms with Crippen molar-refractivity contribution in [2.45, 2.75) is 39.7 Å². The van der Waals surface area contributed by atoms with Gasteiger partial charge in [0.25, 0.3) is 0 Å². The molecule has 0 amide bonds. The first-order chi connectivity index (χ1) is 10.6. The van der Waals surface area contributed by atoms with Gasteiger partial charge in [-0.2, -0.15) is 0 Å². The molecule has 3 N–H and O–H groups in total. The third-order valence-corrected chi connectivity index (χ3v) is 4.67. The molecule has 24 heavy (non-hydrogen) atoms. The molecule has 2 atom stereocenters. The van der Waals surface area contributed by atoms with Gasteiger partial charge in [-0.3, -0.25) is 9.59 Å². The minimum Gasteiger partial charge on any atom is -0.481 e. The maximum atomic E-state index is 11.6. The van der Waals surface area contributed by atoms with Gasteiger partial charge in [0, 0.05) is 12.0 Å². The van der Waals surface area contributed by atoms with Crippen molar-refractivity contribution < 1.29 is 24.9 Å². The highest BCUT2D eigenvalue weighted by atomic mass is 16.4. The van der Waals surface area contributed by atoms with Crippen molar-refractivity contribution in [1.29, 1.82) is 0 Å². The van der Waals surface area contributed by atoms with Crippen LogP contribution in [0.2, 0.25) is 0 Å². The first-order valence-electron chi connectivity index (χ1n) is 7.70. The van der Waals surface area contributed by atoms with Crippen molar-refractivity contribution >= 4 is 27.6 Å². The van der Waals surface area contributed by atoms with Gasteiger partial charge in [-0.25, -0.2) is 0 Å². The average Bonchev–Trinajstić information content (AvgIpc) is 2.38. The van der Waals surface area contributed by atoms with E-state index in [1.165, 1.54) is 0 Å². The fourth-order valence-corrected chi connectivity index (χ4v) is 2.32. The van der Waals surface area contributed by atoms with Crippen LogP contribution < -0.4 is 0 Å². The lowest BCUT2D eigenvalue weighted by Gasteiger charge is -2.42. The zero-order valence-electron chi connectivity index (χ0n) is 15.3. The molecule has 0 fully saturated rings. The maximum Gasteiger partial charge on any atom is 0.307 e. The second-order valence-corrected chi connectivity index (χ2v) is 7.46. The molecule has 0 saturated heterocycles. The Morgan fingerprint density at radius 2 is 1.50 bits per heavy atom. The number of aliphatic carboxylic acids is 2. The van der Waals surface area contributed by atoms with Crippen molar-refractivity contribution in [3.63, 3.8) is 0 Å². The Morgan fingerprint density at radius 3 is 1.79 bits per heavy atom. The molecular formula is C16H27B2NO5. The van der Waals surface area contributed by atoms with Gasteiger partial charge in [0.1, 0.15) is 15.7 Å². The van der Waals surface area contributed by atoms with E-state index in [1.807, 2.05) is 0 Å². The lowest BCUT2D eigenvalue weighted by molar-refractivity contribution is -0.149. The summed E-state index contributed by atoms with van der Waals surface area (Å²) >= 11 is 0. The van der Waals surface area contributed by atoms with Crippen LogP contribution in [-0.2, 0) is 9.59 Å². The lowest BCUT2D eigenvalue weighted by atomic mass is 9.57. The van der Waals surface area contributed by atoms with Crippen molar-refractivity contribution in [2.24, 2.45) is 17.3 Å². The van der Waals surface area contributed by atoms with Gasteiger partial charge in [0.2, 0.25) is 0 Å². The summed E-state index contributed by atoms with van der Waals surface area (Å²) in [5.41, 5.74) is -1.85. The molecule has 0 saturated carbocycles. The highest BCUT2D eigenvalue weighted by Crippen LogP contribution is 2.39. The van der Waals surface area contributed by atoms with Gasteiger partial charge in [0.05, 0.1) is 17.9 Å². The molecule has 0 aliphatic heterocycles. The van der Waals surface area contributed by atoms with Gasteiger partial charge >= 0.3 is 11.9 Å². The number of rotatable bonds is 9. The third kappa shape index (κ3) is 5.67. The van der Waals surface area contributed by atoms with E-state index in [0.29, 0.717) is 0 Å². The van der Waals surface area contributed by atoms with E-state index in [4.69, 9.17) is 20.8 Å². The molecule has 132 valence electrons. The van der Waals surface area contributed by atoms with E-state index >= 15 is 0 Å². The molecule has 0 aromatic rings. The Hall–Kier alpha value is -1.27. The molecule has 0 aliphatic carbocycles. The average molecular weight is 335 g/mol. The Kier molecular flexibility index (Phi) is 7.77. The molecule has 4 radical (unpaired) electrons. The fourth-order valence-electron chi connectivity index (χ4n) is 2.32. The summed E-state index contributed by atoms with van der Waals surface area (Å²) in [6.45, 7) is 6.79. The number of hydrogen-bond donors (Lipinski definition) is 3. The molecule has 0 bridgehead atoms. The second kappa shape index (κ2) is 8.21. The second-order valence-electron chi connectivity index (χ2n) is 7.46. The van der Waals surface area contributed by atoms with E-state index in [-0.39, 0.29) is 17.5 Å². The summed E-state index contributed by atoms with van der Waals surface area (Å²) in [7, 11) is 15.8. The smallest absolute Gasteiger partial charge is 0.307 e. The largest absolute Gasteiger partial charge is 0.481 e. The van der Waals surface area contributed by atoms with Crippen LogP contribution in [-0.4, -0.2) is 74.1 Å². The Morgan fingerprint density at radius 1 is 1.04 bits per heavy atom. The molecule has 8 heteroatoms. The molecular weight excluding hydrogens is 308 g/mol. The fraction of sp³-hybridized carbons (Fsp3) is 0.750. The van der Waals surface area contributed by atoms with E-state index < -0.39 is 41.2 Å². The standard InChI is InChI=1S/C16H27B2NO5/c1-15(2,16(3,4)24)13(18)12(17)10(8-19(5)6)9(14(22)23)7-11(20)21/h9-10,24H,7-8H2,1-6H3,(H,20,21)(H,22,23)/b13-12+. The summed E-state index contributed by atoms with van der Waals surface area (Å²) in [5.74, 6) is -4.49. The number of carboxylic acids is 2. The van der Waals surface area contributed by atoms with Crippen LogP contribution in [0, 0.1) is 17.3 Å². The Bertz CT molecular complexity index is 509. The number of aliphatic hydroxyl groups is 1. The van der Waals surface area contributed by atoms with Crippen LogP contribution in [0.4, 0.5) is 0 Å². The van der Waals surface area contributed by atoms with Gasteiger partial charge in [-0.1, -0.05) is 13.8 Å². The summed E-state index contributed by atoms with van der Waals surface area (Å²) in [5, 5.41) is 28.8. The van der Waals surface area contributed by atoms with Gasteiger partial charge in [-0.05, 0) is 33.9 Å². The number of carbonyl (C=O) groups is 2. The van der Waals surface area contributed by atoms with Crippen LogP contribution in [0.1, 0.15) is 34.1 Å². The first-order valence-corrected chi connectivity index (χ1v) is 7.70. The Balaban J connectivity index is 6.10. The topological polar surface area (TPSA) is 98.1 Å². The third-order valence-electron chi connectivity index (χ3n) is 4.67. The van der Waals surface area contributed by atoms with Crippen molar-refractivity contribution in [3.8, 4) is 0 Å². The van der Waals surface area contributed by atoms with E-state index in [0.717, 1.165) is 0 Å². The maximum absolute atomic E-state index is 11.6. The summed E-state index contributed by atoms with van der Waals surface area (Å²) in [6, 6.07) is 0. The Labute approximate surface area is 146 Å². The van der Waals surface area contributed by atoms with E-state index in [9.17, 15) is 19.8 Å². The normalized spacial score (nSPS) is 16.5. The van der Waals surface area contributed by atoms with E-state index in [2.05, 4.69) is 0 Å². The number of nitrogens with zero attached hydrogens (tertiary/aromatic N) is 1. The lowest BCUT2D eigenvalue weighted by Crippen LogP contribution is -2.43. The molecule has 2 unspecified atom stereocenters. The predicted molar refractivity (Wildman–Crippen MR) is 94.0 cm³/mol. The zero-order valence-corrected chi connectivity index (χ0v) is 15.3. The van der Waals surface area contributed by atoms with Gasteiger partial charge < -0.3 is 20.2 Å². The quantitative estimate of drug-likeness (QED) is 0.536. The summed E-state index contributed by atoms with van der Waals surface area (Å²) < 4.78 is 0. The van der Waals surface area contributed by atoms with Crippen LogP contribution in [0.3, 0.4) is 0 Å². The van der Waals surface area contributed by atoms with E-state index in [1.54, 1.807) is 46.7 Å². The molecule has 0 rings (SSSR count). The summed E-state index contributed by atoms with van der Waals surface area (Å²) in [6.07, 6.45) is -0.565. The minimum absolute atomic E-state index is 0.101. The SMILES string of the molecule is [B]/C(=C(/[B])C(C)(C)C(C)(C)O)C(CN(C)C)C(CC(=O)O)C(=O)O. The molecule has 0 aliphatic rings. The van der Waals surface area contributed by atoms with Crippen molar-refractivity contribution in [1.82, 2.24) is 4.90 Å². The number of carboxylic acid groups (broad SMARTS) is 2. The first kappa shape index (κ1) is 22.7.